The summed E-state index contributed by atoms with van der Waals surface area (Å²) in [5.41, 5.74) is 1.01. The number of methoxy groups -OCH3 is 1. The molecule has 0 N–H and O–H groups in total. The second-order valence-corrected chi connectivity index (χ2v) is 9.28. The number of carbonyl (C=O) groups is 1. The minimum absolute atomic E-state index is 0.0439. The van der Waals surface area contributed by atoms with E-state index in [0.717, 1.165) is 5.56 Å². The Kier molecular flexibility index (Phi) is 4.76. The summed E-state index contributed by atoms with van der Waals surface area (Å²) < 4.78 is 34.7. The third-order valence-corrected chi connectivity index (χ3v) is 7.46. The van der Waals surface area contributed by atoms with Gasteiger partial charge in [-0.05, 0) is 12.5 Å². The average Bonchev–Trinajstić information content (AvgIpc) is 3.32. The lowest BCUT2D eigenvalue weighted by molar-refractivity contribution is -0.138. The SMILES string of the molecule is CO[C@@H]1C(=O)N(Cc2ccccc2)[C@@H]2CN(S(=O)(=O)c3cn(C)c(C)n3)C[C@H]12. The van der Waals surface area contributed by atoms with Gasteiger partial charge in [0, 0.05) is 45.9 Å². The molecule has 0 bridgehead atoms. The Balaban J connectivity index is 1.61. The van der Waals surface area contributed by atoms with Gasteiger partial charge in [0.1, 0.15) is 11.9 Å². The third kappa shape index (κ3) is 3.03. The summed E-state index contributed by atoms with van der Waals surface area (Å²) >= 11 is 0. The van der Waals surface area contributed by atoms with E-state index >= 15 is 0 Å². The Morgan fingerprint density at radius 1 is 1.21 bits per heavy atom. The maximum atomic E-state index is 13.1. The molecule has 1 aromatic heterocycles. The molecule has 4 rings (SSSR count). The minimum Gasteiger partial charge on any atom is -0.371 e. The molecular formula is C19H24N4O4S. The van der Waals surface area contributed by atoms with Crippen LogP contribution in [0.2, 0.25) is 0 Å². The van der Waals surface area contributed by atoms with Crippen molar-refractivity contribution in [1.82, 2.24) is 18.8 Å². The zero-order valence-corrected chi connectivity index (χ0v) is 17.0. The highest BCUT2D eigenvalue weighted by Gasteiger charge is 2.55. The number of hydrogen-bond donors (Lipinski definition) is 0. The van der Waals surface area contributed by atoms with Crippen molar-refractivity contribution in [3.05, 3.63) is 47.9 Å². The average molecular weight is 404 g/mol. The van der Waals surface area contributed by atoms with E-state index in [4.69, 9.17) is 4.74 Å². The second kappa shape index (κ2) is 6.98. The van der Waals surface area contributed by atoms with Gasteiger partial charge in [-0.15, -0.1) is 0 Å². The number of ether oxygens (including phenoxy) is 1. The van der Waals surface area contributed by atoms with Crippen LogP contribution in [-0.2, 0) is 33.1 Å². The predicted octanol–water partition coefficient (Wildman–Crippen LogP) is 0.775. The summed E-state index contributed by atoms with van der Waals surface area (Å²) in [5, 5.41) is 0.0439. The molecule has 8 nitrogen and oxygen atoms in total. The van der Waals surface area contributed by atoms with Crippen LogP contribution in [0.3, 0.4) is 0 Å². The lowest BCUT2D eigenvalue weighted by Gasteiger charge is -2.25. The highest BCUT2D eigenvalue weighted by Crippen LogP contribution is 2.37. The molecule has 0 saturated carbocycles. The van der Waals surface area contributed by atoms with Gasteiger partial charge in [-0.2, -0.15) is 4.31 Å². The van der Waals surface area contributed by atoms with Crippen LogP contribution in [0.5, 0.6) is 0 Å². The topological polar surface area (TPSA) is 84.7 Å². The van der Waals surface area contributed by atoms with Crippen LogP contribution in [-0.4, -0.2) is 65.4 Å². The molecule has 2 aromatic rings. The molecule has 0 unspecified atom stereocenters. The Morgan fingerprint density at radius 2 is 1.93 bits per heavy atom. The molecule has 3 heterocycles. The monoisotopic (exact) mass is 404 g/mol. The van der Waals surface area contributed by atoms with Crippen LogP contribution < -0.4 is 0 Å². The summed E-state index contributed by atoms with van der Waals surface area (Å²) in [6, 6.07) is 9.49. The number of benzene rings is 1. The summed E-state index contributed by atoms with van der Waals surface area (Å²) in [7, 11) is -0.450. The number of sulfonamides is 1. The van der Waals surface area contributed by atoms with Crippen molar-refractivity contribution in [1.29, 1.82) is 0 Å². The van der Waals surface area contributed by atoms with E-state index in [1.165, 1.54) is 17.6 Å². The molecule has 28 heavy (non-hydrogen) atoms. The Labute approximate surface area is 164 Å². The molecular weight excluding hydrogens is 380 g/mol. The van der Waals surface area contributed by atoms with Crippen molar-refractivity contribution in [3.63, 3.8) is 0 Å². The van der Waals surface area contributed by atoms with Gasteiger partial charge in [0.05, 0.1) is 6.04 Å². The fourth-order valence-corrected chi connectivity index (χ4v) is 5.66. The predicted molar refractivity (Wildman–Crippen MR) is 102 cm³/mol. The molecule has 2 fully saturated rings. The second-order valence-electron chi connectivity index (χ2n) is 7.40. The number of fused-ring (bicyclic) bond motifs is 1. The van der Waals surface area contributed by atoms with E-state index in [0.29, 0.717) is 12.4 Å². The fourth-order valence-electron chi connectivity index (χ4n) is 4.14. The number of hydrogen-bond acceptors (Lipinski definition) is 5. The zero-order chi connectivity index (χ0) is 20.1. The lowest BCUT2D eigenvalue weighted by Crippen LogP contribution is -2.40. The maximum Gasteiger partial charge on any atom is 0.262 e. The first-order chi connectivity index (χ1) is 13.3. The molecule has 2 saturated heterocycles. The van der Waals surface area contributed by atoms with Crippen molar-refractivity contribution in [3.8, 4) is 0 Å². The van der Waals surface area contributed by atoms with Gasteiger partial charge in [0.15, 0.2) is 5.03 Å². The number of rotatable bonds is 5. The van der Waals surface area contributed by atoms with Crippen LogP contribution in [0.4, 0.5) is 0 Å². The van der Waals surface area contributed by atoms with E-state index in [2.05, 4.69) is 4.98 Å². The number of imidazole rings is 1. The van der Waals surface area contributed by atoms with E-state index < -0.39 is 16.1 Å². The fraction of sp³-hybridized carbons (Fsp3) is 0.474. The van der Waals surface area contributed by atoms with Crippen molar-refractivity contribution in [2.45, 2.75) is 30.6 Å². The van der Waals surface area contributed by atoms with Gasteiger partial charge in [0.25, 0.3) is 15.9 Å². The summed E-state index contributed by atoms with van der Waals surface area (Å²) in [5.74, 6) is 0.362. The number of carbonyl (C=O) groups excluding carboxylic acids is 1. The van der Waals surface area contributed by atoms with Gasteiger partial charge in [-0.25, -0.2) is 13.4 Å². The van der Waals surface area contributed by atoms with E-state index in [9.17, 15) is 13.2 Å². The standard InChI is InChI=1S/C19H24N4O4S/c1-13-20-17(12-21(13)2)28(25,26)22-10-15-16(11-22)23(19(24)18(15)27-3)9-14-7-5-4-6-8-14/h4-8,12,15-16,18H,9-11H2,1-3H3/t15-,16+,18-/m0/s1. The van der Waals surface area contributed by atoms with Gasteiger partial charge < -0.3 is 14.2 Å². The third-order valence-electron chi connectivity index (χ3n) is 5.76. The Bertz CT molecular complexity index is 969. The van der Waals surface area contributed by atoms with Crippen LogP contribution in [0.1, 0.15) is 11.4 Å². The molecule has 0 radical (unpaired) electrons. The van der Waals surface area contributed by atoms with Crippen molar-refractivity contribution in [2.24, 2.45) is 13.0 Å². The summed E-state index contributed by atoms with van der Waals surface area (Å²) in [6.07, 6.45) is 0.902. The molecule has 1 amide bonds. The Hall–Kier alpha value is -2.23. The van der Waals surface area contributed by atoms with E-state index in [1.807, 2.05) is 30.3 Å². The van der Waals surface area contributed by atoms with Crippen LogP contribution in [0.25, 0.3) is 0 Å². The molecule has 0 aliphatic carbocycles. The molecule has 0 spiro atoms. The first-order valence-corrected chi connectivity index (χ1v) is 10.6. The van der Waals surface area contributed by atoms with Crippen molar-refractivity contribution in [2.75, 3.05) is 20.2 Å². The zero-order valence-electron chi connectivity index (χ0n) is 16.1. The van der Waals surface area contributed by atoms with Gasteiger partial charge in [0.2, 0.25) is 0 Å². The largest absolute Gasteiger partial charge is 0.371 e. The van der Waals surface area contributed by atoms with Gasteiger partial charge in [-0.3, -0.25) is 4.79 Å². The van der Waals surface area contributed by atoms with E-state index in [-0.39, 0.29) is 36.0 Å². The maximum absolute atomic E-state index is 13.1. The highest BCUT2D eigenvalue weighted by atomic mass is 32.2. The molecule has 2 aliphatic rings. The number of likely N-dealkylation sites (tertiary alicyclic amines) is 1. The molecule has 2 aliphatic heterocycles. The number of aryl methyl sites for hydroxylation is 2. The first-order valence-electron chi connectivity index (χ1n) is 9.20. The van der Waals surface area contributed by atoms with Gasteiger partial charge >= 0.3 is 0 Å². The first kappa shape index (κ1) is 19.1. The van der Waals surface area contributed by atoms with E-state index in [1.54, 1.807) is 23.4 Å². The number of nitrogens with zero attached hydrogens (tertiary/aromatic N) is 4. The highest BCUT2D eigenvalue weighted by molar-refractivity contribution is 7.89. The number of amides is 1. The number of aromatic nitrogens is 2. The van der Waals surface area contributed by atoms with Crippen molar-refractivity contribution < 1.29 is 17.9 Å². The van der Waals surface area contributed by atoms with Crippen LogP contribution in [0, 0.1) is 12.8 Å². The lowest BCUT2D eigenvalue weighted by atomic mass is 10.0. The smallest absolute Gasteiger partial charge is 0.262 e. The van der Waals surface area contributed by atoms with Crippen LogP contribution in [0.15, 0.2) is 41.6 Å². The Morgan fingerprint density at radius 3 is 2.54 bits per heavy atom. The quantitative estimate of drug-likeness (QED) is 0.735. The normalized spacial score (nSPS) is 25.5. The minimum atomic E-state index is -3.72. The summed E-state index contributed by atoms with van der Waals surface area (Å²) in [6.45, 7) is 2.70. The molecule has 3 atom stereocenters. The molecule has 1 aromatic carbocycles. The van der Waals surface area contributed by atoms with Crippen LogP contribution >= 0.6 is 0 Å². The van der Waals surface area contributed by atoms with Gasteiger partial charge in [-0.1, -0.05) is 30.3 Å². The van der Waals surface area contributed by atoms with Crippen molar-refractivity contribution >= 4 is 15.9 Å². The molecule has 150 valence electrons. The summed E-state index contributed by atoms with van der Waals surface area (Å²) in [4.78, 5) is 18.8. The molecule has 9 heteroatoms.